The molecule has 0 aliphatic heterocycles. The van der Waals surface area contributed by atoms with Gasteiger partial charge in [0.2, 0.25) is 0 Å². The number of benzene rings is 2. The van der Waals surface area contributed by atoms with Gasteiger partial charge in [-0.05, 0) is 50.2 Å². The quantitative estimate of drug-likeness (QED) is 0.314. The summed E-state index contributed by atoms with van der Waals surface area (Å²) in [7, 11) is 0. The molecule has 0 heterocycles. The molecule has 162 valence electrons. The first-order valence-corrected chi connectivity index (χ1v) is 10.8. The molecular weight excluding hydrogens is 372 g/mol. The molecule has 0 saturated heterocycles. The van der Waals surface area contributed by atoms with Crippen molar-refractivity contribution in [3.05, 3.63) is 69.8 Å². The molecule has 2 aromatic carbocycles. The molecule has 0 amide bonds. The lowest BCUT2D eigenvalue weighted by Gasteiger charge is -2.25. The first-order valence-electron chi connectivity index (χ1n) is 10.8. The van der Waals surface area contributed by atoms with Crippen LogP contribution in [0, 0.1) is 13.8 Å². The fourth-order valence-corrected chi connectivity index (χ4v) is 3.67. The summed E-state index contributed by atoms with van der Waals surface area (Å²) >= 11 is 0. The average molecular weight is 409 g/mol. The third-order valence-corrected chi connectivity index (χ3v) is 5.25. The molecule has 0 aliphatic rings. The van der Waals surface area contributed by atoms with Gasteiger partial charge in [-0.1, -0.05) is 76.1 Å². The molecule has 0 aromatic heterocycles. The van der Waals surface area contributed by atoms with Gasteiger partial charge < -0.3 is 9.84 Å². The molecular formula is C27H36O3. The van der Waals surface area contributed by atoms with E-state index in [-0.39, 0.29) is 5.41 Å². The number of aryl methyl sites for hydroxylation is 3. The molecule has 0 saturated carbocycles. The van der Waals surface area contributed by atoms with Gasteiger partial charge in [0, 0.05) is 23.1 Å². The van der Waals surface area contributed by atoms with E-state index in [9.17, 15) is 9.90 Å². The van der Waals surface area contributed by atoms with Crippen molar-refractivity contribution in [3.63, 3.8) is 0 Å². The van der Waals surface area contributed by atoms with Gasteiger partial charge >= 0.3 is 5.97 Å². The maximum Gasteiger partial charge on any atom is 0.338 e. The van der Waals surface area contributed by atoms with E-state index < -0.39 is 5.97 Å². The Morgan fingerprint density at radius 3 is 2.17 bits per heavy atom. The molecule has 0 atom stereocenters. The number of carbonyl (C=O) groups excluding carboxylic acids is 1. The van der Waals surface area contributed by atoms with Crippen LogP contribution in [0.4, 0.5) is 0 Å². The monoisotopic (exact) mass is 408 g/mol. The van der Waals surface area contributed by atoms with E-state index in [0.29, 0.717) is 23.5 Å². The van der Waals surface area contributed by atoms with Crippen LogP contribution < -0.4 is 4.74 Å². The summed E-state index contributed by atoms with van der Waals surface area (Å²) in [6.07, 6.45) is 3.47. The minimum Gasteiger partial charge on any atom is -0.507 e. The van der Waals surface area contributed by atoms with Gasteiger partial charge in [-0.25, -0.2) is 4.79 Å². The fourth-order valence-electron chi connectivity index (χ4n) is 3.67. The summed E-state index contributed by atoms with van der Waals surface area (Å²) in [4.78, 5) is 12.4. The third kappa shape index (κ3) is 5.75. The van der Waals surface area contributed by atoms with Crippen LogP contribution in [0.3, 0.4) is 0 Å². The highest BCUT2D eigenvalue weighted by Gasteiger charge is 2.25. The Bertz CT molecular complexity index is 946. The van der Waals surface area contributed by atoms with Crippen LogP contribution >= 0.6 is 0 Å². The summed E-state index contributed by atoms with van der Waals surface area (Å²) < 4.78 is 5.84. The van der Waals surface area contributed by atoms with Gasteiger partial charge in [0.1, 0.15) is 11.5 Å². The van der Waals surface area contributed by atoms with E-state index >= 15 is 0 Å². The molecule has 1 N–H and O–H groups in total. The minimum atomic E-state index is -0.428. The van der Waals surface area contributed by atoms with Crippen molar-refractivity contribution < 1.29 is 14.6 Å². The predicted molar refractivity (Wildman–Crippen MR) is 125 cm³/mol. The number of aromatic hydroxyl groups is 1. The normalized spacial score (nSPS) is 11.4. The van der Waals surface area contributed by atoms with Gasteiger partial charge in [-0.3, -0.25) is 0 Å². The first kappa shape index (κ1) is 23.7. The van der Waals surface area contributed by atoms with Gasteiger partial charge in [0.15, 0.2) is 0 Å². The average Bonchev–Trinajstić information content (AvgIpc) is 2.63. The van der Waals surface area contributed by atoms with E-state index in [0.717, 1.165) is 52.6 Å². The topological polar surface area (TPSA) is 46.5 Å². The maximum absolute atomic E-state index is 12.4. The summed E-state index contributed by atoms with van der Waals surface area (Å²) in [6, 6.07) is 8.21. The Balaban J connectivity index is 2.61. The Labute approximate surface area is 181 Å². The Hall–Kier alpha value is -2.55. The predicted octanol–water partition coefficient (Wildman–Crippen LogP) is 6.72. The molecule has 30 heavy (non-hydrogen) atoms. The van der Waals surface area contributed by atoms with Crippen molar-refractivity contribution in [3.8, 4) is 11.5 Å². The molecule has 0 bridgehead atoms. The smallest absolute Gasteiger partial charge is 0.338 e. The number of hydrogen-bond donors (Lipinski definition) is 1. The third-order valence-electron chi connectivity index (χ3n) is 5.25. The van der Waals surface area contributed by atoms with Crippen molar-refractivity contribution in [1.82, 2.24) is 0 Å². The molecule has 0 aliphatic carbocycles. The highest BCUT2D eigenvalue weighted by molar-refractivity contribution is 5.89. The maximum atomic E-state index is 12.4. The summed E-state index contributed by atoms with van der Waals surface area (Å²) in [5.74, 6) is 0.504. The largest absolute Gasteiger partial charge is 0.507 e. The fraction of sp³-hybridized carbons (Fsp3) is 0.444. The number of carbonyl (C=O) groups is 1. The standard InChI is InChI=1S/C27H36O3/c1-9-10-11-20-12-18(4)13-21(24(20)28)16-22-14-19(5)15-23(27(6,7)8)25(22)30-26(29)17(2)3/h12-15,28H,2,9-11,16H2,1,3-8H3. The zero-order valence-electron chi connectivity index (χ0n) is 19.6. The second-order valence-corrected chi connectivity index (χ2v) is 9.43. The van der Waals surface area contributed by atoms with Crippen LogP contribution in [0.2, 0.25) is 0 Å². The number of esters is 1. The number of ether oxygens (including phenoxy) is 1. The molecule has 0 radical (unpaired) electrons. The molecule has 0 unspecified atom stereocenters. The molecule has 0 spiro atoms. The van der Waals surface area contributed by atoms with Crippen molar-refractivity contribution in [1.29, 1.82) is 0 Å². The number of rotatable bonds is 7. The lowest BCUT2D eigenvalue weighted by molar-refractivity contribution is -0.130. The summed E-state index contributed by atoms with van der Waals surface area (Å²) in [6.45, 7) is 18.0. The van der Waals surface area contributed by atoms with E-state index in [1.54, 1.807) is 6.92 Å². The van der Waals surface area contributed by atoms with Crippen LogP contribution in [0.15, 0.2) is 36.4 Å². The van der Waals surface area contributed by atoms with Crippen LogP contribution in [-0.2, 0) is 23.1 Å². The minimum absolute atomic E-state index is 0.202. The Kier molecular flexibility index (Phi) is 7.52. The van der Waals surface area contributed by atoms with Crippen molar-refractivity contribution >= 4 is 5.97 Å². The zero-order valence-corrected chi connectivity index (χ0v) is 19.6. The number of hydrogen-bond acceptors (Lipinski definition) is 3. The second kappa shape index (κ2) is 9.51. The van der Waals surface area contributed by atoms with Crippen LogP contribution in [0.1, 0.15) is 80.8 Å². The zero-order chi connectivity index (χ0) is 22.6. The van der Waals surface area contributed by atoms with Gasteiger partial charge in [0.05, 0.1) is 0 Å². The van der Waals surface area contributed by atoms with Crippen molar-refractivity contribution in [2.75, 3.05) is 0 Å². The number of unbranched alkanes of at least 4 members (excludes halogenated alkanes) is 1. The Morgan fingerprint density at radius 2 is 1.60 bits per heavy atom. The van der Waals surface area contributed by atoms with Crippen molar-refractivity contribution in [2.24, 2.45) is 0 Å². The second-order valence-electron chi connectivity index (χ2n) is 9.43. The van der Waals surface area contributed by atoms with Gasteiger partial charge in [-0.2, -0.15) is 0 Å². The molecule has 3 nitrogen and oxygen atoms in total. The number of phenolic OH excluding ortho intramolecular Hbond substituents is 1. The van der Waals surface area contributed by atoms with E-state index in [4.69, 9.17) is 4.74 Å². The van der Waals surface area contributed by atoms with Crippen molar-refractivity contribution in [2.45, 2.75) is 79.6 Å². The molecule has 2 rings (SSSR count). The van der Waals surface area contributed by atoms with Crippen LogP contribution in [-0.4, -0.2) is 11.1 Å². The summed E-state index contributed by atoms with van der Waals surface area (Å²) in [5, 5.41) is 10.9. The highest BCUT2D eigenvalue weighted by atomic mass is 16.5. The van der Waals surface area contributed by atoms with E-state index in [2.05, 4.69) is 53.3 Å². The molecule has 0 fully saturated rings. The highest BCUT2D eigenvalue weighted by Crippen LogP contribution is 2.38. The Morgan fingerprint density at radius 1 is 1.03 bits per heavy atom. The SMILES string of the molecule is C=C(C)C(=O)Oc1c(Cc2cc(C)cc(CCCC)c2O)cc(C)cc1C(C)(C)C. The van der Waals surface area contributed by atoms with Gasteiger partial charge in [0.25, 0.3) is 0 Å². The molecule has 2 aromatic rings. The van der Waals surface area contributed by atoms with E-state index in [1.165, 1.54) is 0 Å². The lowest BCUT2D eigenvalue weighted by Crippen LogP contribution is -2.18. The lowest BCUT2D eigenvalue weighted by atomic mass is 9.83. The van der Waals surface area contributed by atoms with Crippen LogP contribution in [0.5, 0.6) is 11.5 Å². The summed E-state index contributed by atoms with van der Waals surface area (Å²) in [5.41, 5.74) is 6.10. The molecule has 3 heteroatoms. The van der Waals surface area contributed by atoms with Crippen LogP contribution in [0.25, 0.3) is 0 Å². The first-order chi connectivity index (χ1) is 13.9. The number of phenols is 1. The van der Waals surface area contributed by atoms with Gasteiger partial charge in [-0.15, -0.1) is 0 Å². The van der Waals surface area contributed by atoms with E-state index in [1.807, 2.05) is 19.1 Å².